The van der Waals surface area contributed by atoms with Gasteiger partial charge in [-0.3, -0.25) is 4.79 Å². The van der Waals surface area contributed by atoms with Gasteiger partial charge in [0.05, 0.1) is 5.56 Å². The van der Waals surface area contributed by atoms with Crippen molar-refractivity contribution in [2.75, 3.05) is 0 Å². The van der Waals surface area contributed by atoms with E-state index in [1.807, 2.05) is 0 Å². The molecule has 0 N–H and O–H groups in total. The number of benzene rings is 1. The highest BCUT2D eigenvalue weighted by atomic mass is 19.1. The van der Waals surface area contributed by atoms with Crippen molar-refractivity contribution in [1.82, 2.24) is 0 Å². The predicted molar refractivity (Wildman–Crippen MR) is 39.3 cm³/mol. The SMILES string of the molecule is O=CC#Cc1ccccc1F. The zero-order valence-corrected chi connectivity index (χ0v) is 5.67. The van der Waals surface area contributed by atoms with Crippen LogP contribution >= 0.6 is 0 Å². The fourth-order valence-corrected chi connectivity index (χ4v) is 0.670. The summed E-state index contributed by atoms with van der Waals surface area (Å²) in [4.78, 5) is 9.79. The lowest BCUT2D eigenvalue weighted by Crippen LogP contribution is -1.80. The van der Waals surface area contributed by atoms with Crippen LogP contribution in [0.25, 0.3) is 0 Å². The number of rotatable bonds is 0. The highest BCUT2D eigenvalue weighted by Gasteiger charge is 1.93. The monoisotopic (exact) mass is 148 g/mol. The van der Waals surface area contributed by atoms with E-state index in [4.69, 9.17) is 0 Å². The van der Waals surface area contributed by atoms with Crippen molar-refractivity contribution in [3.05, 3.63) is 35.6 Å². The average Bonchev–Trinajstić information content (AvgIpc) is 2.03. The molecule has 1 nitrogen and oxygen atoms in total. The minimum atomic E-state index is -0.401. The number of carbonyl (C=O) groups is 1. The molecule has 0 aliphatic carbocycles. The van der Waals surface area contributed by atoms with Gasteiger partial charge in [0.1, 0.15) is 5.82 Å². The Labute approximate surface area is 63.9 Å². The van der Waals surface area contributed by atoms with Gasteiger partial charge in [-0.15, -0.1) is 0 Å². The van der Waals surface area contributed by atoms with Crippen molar-refractivity contribution in [2.45, 2.75) is 0 Å². The first-order valence-electron chi connectivity index (χ1n) is 3.04. The van der Waals surface area contributed by atoms with Gasteiger partial charge in [0.15, 0.2) is 6.29 Å². The van der Waals surface area contributed by atoms with Crippen LogP contribution in [0.5, 0.6) is 0 Å². The molecule has 0 saturated carbocycles. The Morgan fingerprint density at radius 1 is 1.36 bits per heavy atom. The standard InChI is InChI=1S/C9H5FO/c10-9-6-2-1-4-8(9)5-3-7-11/h1-2,4,6-7H. The molecule has 0 bridgehead atoms. The summed E-state index contributed by atoms with van der Waals surface area (Å²) in [5, 5.41) is 0. The number of carbonyl (C=O) groups excluding carboxylic acids is 1. The van der Waals surface area contributed by atoms with Gasteiger partial charge in [-0.2, -0.15) is 0 Å². The third kappa shape index (κ3) is 1.91. The highest BCUT2D eigenvalue weighted by Crippen LogP contribution is 2.03. The lowest BCUT2D eigenvalue weighted by atomic mass is 10.2. The molecular formula is C9H5FO. The Morgan fingerprint density at radius 2 is 2.09 bits per heavy atom. The third-order valence-electron chi connectivity index (χ3n) is 1.14. The van der Waals surface area contributed by atoms with Crippen LogP contribution in [0.2, 0.25) is 0 Å². The Balaban J connectivity index is 3.03. The summed E-state index contributed by atoms with van der Waals surface area (Å²) >= 11 is 0. The molecule has 2 heteroatoms. The van der Waals surface area contributed by atoms with E-state index in [0.29, 0.717) is 6.29 Å². The lowest BCUT2D eigenvalue weighted by Gasteiger charge is -1.89. The first-order chi connectivity index (χ1) is 5.34. The molecule has 0 aliphatic heterocycles. The molecule has 0 atom stereocenters. The summed E-state index contributed by atoms with van der Waals surface area (Å²) in [5.41, 5.74) is 0.250. The summed E-state index contributed by atoms with van der Waals surface area (Å²) in [6.07, 6.45) is 0.437. The molecule has 1 aromatic carbocycles. The summed E-state index contributed by atoms with van der Waals surface area (Å²) in [7, 11) is 0. The molecule has 54 valence electrons. The molecular weight excluding hydrogens is 143 g/mol. The quantitative estimate of drug-likeness (QED) is 0.401. The van der Waals surface area contributed by atoms with E-state index in [1.165, 1.54) is 12.1 Å². The van der Waals surface area contributed by atoms with E-state index in [0.717, 1.165) is 0 Å². The maximum Gasteiger partial charge on any atom is 0.193 e. The van der Waals surface area contributed by atoms with Crippen molar-refractivity contribution in [3.63, 3.8) is 0 Å². The van der Waals surface area contributed by atoms with Gasteiger partial charge in [0.25, 0.3) is 0 Å². The Kier molecular flexibility index (Phi) is 2.40. The number of hydrogen-bond donors (Lipinski definition) is 0. The molecule has 0 unspecified atom stereocenters. The van der Waals surface area contributed by atoms with Crippen LogP contribution in [0, 0.1) is 17.7 Å². The van der Waals surface area contributed by atoms with Gasteiger partial charge < -0.3 is 0 Å². The second-order valence-corrected chi connectivity index (χ2v) is 1.87. The second kappa shape index (κ2) is 3.52. The van der Waals surface area contributed by atoms with Crippen LogP contribution in [-0.4, -0.2) is 6.29 Å². The van der Waals surface area contributed by atoms with E-state index >= 15 is 0 Å². The molecule has 0 spiro atoms. The summed E-state index contributed by atoms with van der Waals surface area (Å²) in [6, 6.07) is 6.06. The van der Waals surface area contributed by atoms with E-state index < -0.39 is 5.82 Å². The van der Waals surface area contributed by atoms with Crippen LogP contribution in [0.3, 0.4) is 0 Å². The fourth-order valence-electron chi connectivity index (χ4n) is 0.670. The summed E-state index contributed by atoms with van der Waals surface area (Å²) in [5.74, 6) is 4.10. The third-order valence-corrected chi connectivity index (χ3v) is 1.14. The van der Waals surface area contributed by atoms with Crippen LogP contribution < -0.4 is 0 Å². The summed E-state index contributed by atoms with van der Waals surface area (Å²) in [6.45, 7) is 0. The highest BCUT2D eigenvalue weighted by molar-refractivity contribution is 5.73. The van der Waals surface area contributed by atoms with Crippen molar-refractivity contribution in [2.24, 2.45) is 0 Å². The molecule has 0 radical (unpaired) electrons. The maximum absolute atomic E-state index is 12.7. The van der Waals surface area contributed by atoms with Gasteiger partial charge in [-0.1, -0.05) is 18.1 Å². The minimum absolute atomic E-state index is 0.250. The van der Waals surface area contributed by atoms with Crippen molar-refractivity contribution >= 4 is 6.29 Å². The van der Waals surface area contributed by atoms with Crippen LogP contribution in [0.4, 0.5) is 4.39 Å². The normalized spacial score (nSPS) is 8.09. The maximum atomic E-state index is 12.7. The molecule has 0 saturated heterocycles. The van der Waals surface area contributed by atoms with E-state index in [-0.39, 0.29) is 5.56 Å². The van der Waals surface area contributed by atoms with Gasteiger partial charge in [-0.25, -0.2) is 4.39 Å². The Morgan fingerprint density at radius 3 is 2.73 bits per heavy atom. The van der Waals surface area contributed by atoms with Gasteiger partial charge >= 0.3 is 0 Å². The zero-order chi connectivity index (χ0) is 8.10. The molecule has 1 aromatic rings. The number of aldehydes is 1. The van der Waals surface area contributed by atoms with Crippen LogP contribution in [0.15, 0.2) is 24.3 Å². The molecule has 1 rings (SSSR count). The van der Waals surface area contributed by atoms with Crippen LogP contribution in [-0.2, 0) is 4.79 Å². The van der Waals surface area contributed by atoms with Crippen molar-refractivity contribution in [3.8, 4) is 11.8 Å². The van der Waals surface area contributed by atoms with E-state index in [1.54, 1.807) is 12.1 Å². The average molecular weight is 148 g/mol. The number of hydrogen-bond acceptors (Lipinski definition) is 1. The van der Waals surface area contributed by atoms with Crippen molar-refractivity contribution < 1.29 is 9.18 Å². The van der Waals surface area contributed by atoms with Gasteiger partial charge in [-0.05, 0) is 18.1 Å². The zero-order valence-electron chi connectivity index (χ0n) is 5.67. The predicted octanol–water partition coefficient (Wildman–Crippen LogP) is 1.38. The first-order valence-corrected chi connectivity index (χ1v) is 3.04. The Bertz CT molecular complexity index is 320. The van der Waals surface area contributed by atoms with Crippen LogP contribution in [0.1, 0.15) is 5.56 Å². The topological polar surface area (TPSA) is 17.1 Å². The molecule has 0 aromatic heterocycles. The molecule has 0 fully saturated rings. The molecule has 0 amide bonds. The van der Waals surface area contributed by atoms with E-state index in [2.05, 4.69) is 11.8 Å². The molecule has 0 heterocycles. The summed E-state index contributed by atoms with van der Waals surface area (Å²) < 4.78 is 12.7. The smallest absolute Gasteiger partial charge is 0.193 e. The van der Waals surface area contributed by atoms with E-state index in [9.17, 15) is 9.18 Å². The Hall–Kier alpha value is -1.62. The van der Waals surface area contributed by atoms with Gasteiger partial charge in [0.2, 0.25) is 0 Å². The lowest BCUT2D eigenvalue weighted by molar-refractivity contribution is -0.103. The van der Waals surface area contributed by atoms with Gasteiger partial charge in [0, 0.05) is 0 Å². The largest absolute Gasteiger partial charge is 0.289 e. The second-order valence-electron chi connectivity index (χ2n) is 1.87. The number of halogens is 1. The molecule has 11 heavy (non-hydrogen) atoms. The minimum Gasteiger partial charge on any atom is -0.289 e. The molecule has 0 aliphatic rings. The van der Waals surface area contributed by atoms with Crippen molar-refractivity contribution in [1.29, 1.82) is 0 Å². The first kappa shape index (κ1) is 7.49. The fraction of sp³-hybridized carbons (Fsp3) is 0.